The van der Waals surface area contributed by atoms with E-state index in [2.05, 4.69) is 48.3 Å². The molecule has 2 rings (SSSR count). The highest BCUT2D eigenvalue weighted by molar-refractivity contribution is 6.30. The zero-order chi connectivity index (χ0) is 15.2. The summed E-state index contributed by atoms with van der Waals surface area (Å²) in [6.45, 7) is 8.18. The summed E-state index contributed by atoms with van der Waals surface area (Å²) in [7, 11) is 0. The van der Waals surface area contributed by atoms with Crippen molar-refractivity contribution in [3.8, 4) is 0 Å². The van der Waals surface area contributed by atoms with Gasteiger partial charge in [0, 0.05) is 24.0 Å². The molecule has 0 amide bonds. The van der Waals surface area contributed by atoms with Crippen molar-refractivity contribution < 1.29 is 0 Å². The number of benzene rings is 1. The molecule has 21 heavy (non-hydrogen) atoms. The predicted octanol–water partition coefficient (Wildman–Crippen LogP) is 3.54. The molecule has 0 saturated carbocycles. The van der Waals surface area contributed by atoms with Crippen LogP contribution in [-0.2, 0) is 13.0 Å². The lowest BCUT2D eigenvalue weighted by Crippen LogP contribution is -2.26. The van der Waals surface area contributed by atoms with E-state index >= 15 is 0 Å². The highest BCUT2D eigenvalue weighted by Gasteiger charge is 2.17. The van der Waals surface area contributed by atoms with E-state index in [1.807, 2.05) is 10.7 Å². The maximum atomic E-state index is 6.17. The first-order valence-corrected chi connectivity index (χ1v) is 7.89. The first kappa shape index (κ1) is 16.0. The SMILES string of the molecule is CCCNC(Cc1ncnn1CC)c1cc(Cl)ccc1C. The highest BCUT2D eigenvalue weighted by Crippen LogP contribution is 2.24. The largest absolute Gasteiger partial charge is 0.310 e. The Hall–Kier alpha value is -1.39. The van der Waals surface area contributed by atoms with Crippen LogP contribution in [-0.4, -0.2) is 21.3 Å². The van der Waals surface area contributed by atoms with Crippen LogP contribution >= 0.6 is 11.6 Å². The van der Waals surface area contributed by atoms with Crippen molar-refractivity contribution in [3.05, 3.63) is 46.5 Å². The molecular weight excluding hydrogens is 284 g/mol. The fourth-order valence-corrected chi connectivity index (χ4v) is 2.67. The average molecular weight is 307 g/mol. The molecule has 0 bridgehead atoms. The normalized spacial score (nSPS) is 12.6. The number of halogens is 1. The minimum absolute atomic E-state index is 0.207. The molecule has 0 fully saturated rings. The van der Waals surface area contributed by atoms with Gasteiger partial charge in [-0.2, -0.15) is 5.10 Å². The van der Waals surface area contributed by atoms with Gasteiger partial charge in [-0.1, -0.05) is 24.6 Å². The van der Waals surface area contributed by atoms with Gasteiger partial charge < -0.3 is 5.32 Å². The number of nitrogens with zero attached hydrogens (tertiary/aromatic N) is 3. The van der Waals surface area contributed by atoms with Gasteiger partial charge in [0.15, 0.2) is 0 Å². The molecule has 1 aromatic heterocycles. The lowest BCUT2D eigenvalue weighted by atomic mass is 9.98. The Morgan fingerprint density at radius 3 is 2.86 bits per heavy atom. The van der Waals surface area contributed by atoms with Crippen LogP contribution in [0.4, 0.5) is 0 Å². The van der Waals surface area contributed by atoms with Gasteiger partial charge in [0.1, 0.15) is 12.2 Å². The standard InChI is InChI=1S/C16H23ClN4/c1-4-8-18-15(10-16-19-11-20-21(16)5-2)14-9-13(17)7-6-12(14)3/h6-7,9,11,15,18H,4-5,8,10H2,1-3H3. The van der Waals surface area contributed by atoms with E-state index in [-0.39, 0.29) is 6.04 Å². The minimum Gasteiger partial charge on any atom is -0.310 e. The molecule has 0 saturated heterocycles. The molecule has 0 radical (unpaired) electrons. The zero-order valence-corrected chi connectivity index (χ0v) is 13.7. The quantitative estimate of drug-likeness (QED) is 0.851. The Morgan fingerprint density at radius 2 is 2.14 bits per heavy atom. The van der Waals surface area contributed by atoms with E-state index in [9.17, 15) is 0 Å². The summed E-state index contributed by atoms with van der Waals surface area (Å²) in [6, 6.07) is 6.27. The van der Waals surface area contributed by atoms with E-state index < -0.39 is 0 Å². The van der Waals surface area contributed by atoms with Crippen molar-refractivity contribution in [1.82, 2.24) is 20.1 Å². The van der Waals surface area contributed by atoms with Crippen LogP contribution in [0.1, 0.15) is 43.3 Å². The number of nitrogens with one attached hydrogen (secondary N) is 1. The van der Waals surface area contributed by atoms with Crippen molar-refractivity contribution >= 4 is 11.6 Å². The van der Waals surface area contributed by atoms with Crippen LogP contribution in [0.25, 0.3) is 0 Å². The maximum Gasteiger partial charge on any atom is 0.138 e. The third-order valence-corrected chi connectivity index (χ3v) is 3.87. The van der Waals surface area contributed by atoms with E-state index in [0.29, 0.717) is 0 Å². The monoisotopic (exact) mass is 306 g/mol. The van der Waals surface area contributed by atoms with Gasteiger partial charge in [-0.15, -0.1) is 0 Å². The smallest absolute Gasteiger partial charge is 0.138 e. The lowest BCUT2D eigenvalue weighted by molar-refractivity contribution is 0.495. The van der Waals surface area contributed by atoms with Gasteiger partial charge in [0.2, 0.25) is 0 Å². The van der Waals surface area contributed by atoms with Gasteiger partial charge >= 0.3 is 0 Å². The molecule has 0 aliphatic rings. The first-order chi connectivity index (χ1) is 10.2. The molecule has 5 heteroatoms. The van der Waals surface area contributed by atoms with Crippen molar-refractivity contribution in [2.45, 2.75) is 46.2 Å². The number of rotatable bonds is 7. The van der Waals surface area contributed by atoms with Gasteiger partial charge in [0.25, 0.3) is 0 Å². The maximum absolute atomic E-state index is 6.17. The predicted molar refractivity (Wildman–Crippen MR) is 86.6 cm³/mol. The topological polar surface area (TPSA) is 42.7 Å². The van der Waals surface area contributed by atoms with E-state index in [1.54, 1.807) is 6.33 Å². The van der Waals surface area contributed by atoms with Crippen LogP contribution in [0, 0.1) is 6.92 Å². The molecule has 1 heterocycles. The summed E-state index contributed by atoms with van der Waals surface area (Å²) in [5.74, 6) is 1.01. The van der Waals surface area contributed by atoms with Crippen LogP contribution in [0.15, 0.2) is 24.5 Å². The van der Waals surface area contributed by atoms with E-state index in [0.717, 1.165) is 36.8 Å². The lowest BCUT2D eigenvalue weighted by Gasteiger charge is -2.21. The summed E-state index contributed by atoms with van der Waals surface area (Å²) in [6.07, 6.45) is 3.53. The van der Waals surface area contributed by atoms with Gasteiger partial charge in [-0.3, -0.25) is 4.68 Å². The van der Waals surface area contributed by atoms with Crippen molar-refractivity contribution in [3.63, 3.8) is 0 Å². The zero-order valence-electron chi connectivity index (χ0n) is 12.9. The Morgan fingerprint density at radius 1 is 1.33 bits per heavy atom. The summed E-state index contributed by atoms with van der Waals surface area (Å²) >= 11 is 6.17. The summed E-state index contributed by atoms with van der Waals surface area (Å²) in [5.41, 5.74) is 2.48. The molecule has 4 nitrogen and oxygen atoms in total. The fraction of sp³-hybridized carbons (Fsp3) is 0.500. The van der Waals surface area contributed by atoms with Gasteiger partial charge in [-0.25, -0.2) is 4.98 Å². The Kier molecular flexibility index (Phi) is 5.76. The molecule has 0 aliphatic heterocycles. The van der Waals surface area contributed by atoms with Crippen molar-refractivity contribution in [2.75, 3.05) is 6.54 Å². The average Bonchev–Trinajstić information content (AvgIpc) is 2.93. The van der Waals surface area contributed by atoms with Crippen molar-refractivity contribution in [2.24, 2.45) is 0 Å². The second kappa shape index (κ2) is 7.57. The van der Waals surface area contributed by atoms with Crippen LogP contribution in [0.2, 0.25) is 5.02 Å². The first-order valence-electron chi connectivity index (χ1n) is 7.51. The van der Waals surface area contributed by atoms with E-state index in [1.165, 1.54) is 11.1 Å². The molecule has 114 valence electrons. The third kappa shape index (κ3) is 4.05. The number of aryl methyl sites for hydroxylation is 2. The van der Waals surface area contributed by atoms with E-state index in [4.69, 9.17) is 11.6 Å². The molecule has 1 unspecified atom stereocenters. The molecule has 1 N–H and O–H groups in total. The number of aromatic nitrogens is 3. The van der Waals surface area contributed by atoms with Crippen LogP contribution in [0.3, 0.4) is 0 Å². The molecule has 2 aromatic rings. The number of hydrogen-bond acceptors (Lipinski definition) is 3. The Labute approximate surface area is 131 Å². The fourth-order valence-electron chi connectivity index (χ4n) is 2.49. The molecule has 0 aliphatic carbocycles. The second-order valence-corrected chi connectivity index (χ2v) is 5.64. The minimum atomic E-state index is 0.207. The molecule has 0 spiro atoms. The molecule has 1 aromatic carbocycles. The third-order valence-electron chi connectivity index (χ3n) is 3.64. The van der Waals surface area contributed by atoms with Crippen molar-refractivity contribution in [1.29, 1.82) is 0 Å². The summed E-state index contributed by atoms with van der Waals surface area (Å²) in [4.78, 5) is 4.39. The number of hydrogen-bond donors (Lipinski definition) is 1. The summed E-state index contributed by atoms with van der Waals surface area (Å²) < 4.78 is 1.94. The van der Waals surface area contributed by atoms with Gasteiger partial charge in [-0.05, 0) is 50.1 Å². The van der Waals surface area contributed by atoms with Crippen LogP contribution < -0.4 is 5.32 Å². The Bertz CT molecular complexity index is 579. The second-order valence-electron chi connectivity index (χ2n) is 5.20. The van der Waals surface area contributed by atoms with Crippen LogP contribution in [0.5, 0.6) is 0 Å². The summed E-state index contributed by atoms with van der Waals surface area (Å²) in [5, 5.41) is 8.63. The molecular formula is C16H23ClN4. The van der Waals surface area contributed by atoms with Gasteiger partial charge in [0.05, 0.1) is 0 Å². The Balaban J connectivity index is 2.27. The highest BCUT2D eigenvalue weighted by atomic mass is 35.5. The molecule has 1 atom stereocenters.